The van der Waals surface area contributed by atoms with E-state index in [0.29, 0.717) is 65.7 Å². The van der Waals surface area contributed by atoms with Crippen LogP contribution >= 0.6 is 23.2 Å². The Kier molecular flexibility index (Phi) is 7.20. The Bertz CT molecular complexity index is 1250. The second-order valence-corrected chi connectivity index (χ2v) is 8.48. The molecular weight excluding hydrogens is 477 g/mol. The molecule has 1 fully saturated rings. The van der Waals surface area contributed by atoms with Gasteiger partial charge in [0.25, 0.3) is 0 Å². The van der Waals surface area contributed by atoms with Crippen LogP contribution in [-0.2, 0) is 11.3 Å². The molecule has 0 spiro atoms. The van der Waals surface area contributed by atoms with Gasteiger partial charge in [-0.25, -0.2) is 9.97 Å². The monoisotopic (exact) mass is 499 g/mol. The SMILES string of the molecule is CCOc1cc(N2CCN(C(=O)Cn3nc(-c4ccnc(C#N)n4)c(Cl)c3C)CC2)ccc1Cl. The minimum absolute atomic E-state index is 0.0313. The number of amides is 1. The molecule has 11 heteroatoms. The van der Waals surface area contributed by atoms with Crippen molar-refractivity contribution in [2.75, 3.05) is 37.7 Å². The summed E-state index contributed by atoms with van der Waals surface area (Å²) < 4.78 is 7.17. The van der Waals surface area contributed by atoms with Crippen molar-refractivity contribution in [1.82, 2.24) is 24.6 Å². The number of carbonyl (C=O) groups excluding carboxylic acids is 1. The molecule has 1 aliphatic rings. The summed E-state index contributed by atoms with van der Waals surface area (Å²) in [5, 5.41) is 14.5. The average Bonchev–Trinajstić information content (AvgIpc) is 3.14. The van der Waals surface area contributed by atoms with Crippen molar-refractivity contribution in [3.63, 3.8) is 0 Å². The van der Waals surface area contributed by atoms with Crippen molar-refractivity contribution >= 4 is 34.8 Å². The first-order valence-corrected chi connectivity index (χ1v) is 11.6. The Morgan fingerprint density at radius 1 is 1.21 bits per heavy atom. The number of benzene rings is 1. The highest BCUT2D eigenvalue weighted by Crippen LogP contribution is 2.31. The van der Waals surface area contributed by atoms with Crippen LogP contribution in [0.5, 0.6) is 5.75 Å². The van der Waals surface area contributed by atoms with E-state index in [9.17, 15) is 4.79 Å². The first-order valence-electron chi connectivity index (χ1n) is 10.8. The lowest BCUT2D eigenvalue weighted by Gasteiger charge is -2.36. The van der Waals surface area contributed by atoms with Crippen LogP contribution in [0.15, 0.2) is 30.5 Å². The molecule has 0 bridgehead atoms. The number of ether oxygens (including phenoxy) is 1. The molecule has 3 heterocycles. The smallest absolute Gasteiger partial charge is 0.244 e. The van der Waals surface area contributed by atoms with E-state index >= 15 is 0 Å². The topological polar surface area (TPSA) is 100 Å². The third-order valence-electron chi connectivity index (χ3n) is 5.63. The van der Waals surface area contributed by atoms with Crippen LogP contribution in [0.3, 0.4) is 0 Å². The van der Waals surface area contributed by atoms with E-state index in [1.807, 2.05) is 36.1 Å². The minimum atomic E-state index is -0.0417. The third kappa shape index (κ3) is 4.93. The summed E-state index contributed by atoms with van der Waals surface area (Å²) in [5.41, 5.74) is 2.53. The van der Waals surface area contributed by atoms with Gasteiger partial charge in [0, 0.05) is 44.1 Å². The van der Waals surface area contributed by atoms with E-state index in [1.165, 1.54) is 6.20 Å². The van der Waals surface area contributed by atoms with E-state index in [1.54, 1.807) is 17.7 Å². The second-order valence-electron chi connectivity index (χ2n) is 7.70. The van der Waals surface area contributed by atoms with Gasteiger partial charge in [-0.3, -0.25) is 9.48 Å². The average molecular weight is 500 g/mol. The molecule has 176 valence electrons. The molecule has 34 heavy (non-hydrogen) atoms. The fourth-order valence-electron chi connectivity index (χ4n) is 3.78. The van der Waals surface area contributed by atoms with Crippen LogP contribution in [0, 0.1) is 18.3 Å². The Labute approximate surface area is 207 Å². The Morgan fingerprint density at radius 3 is 2.68 bits per heavy atom. The molecule has 1 aliphatic heterocycles. The van der Waals surface area contributed by atoms with Crippen LogP contribution < -0.4 is 9.64 Å². The van der Waals surface area contributed by atoms with Gasteiger partial charge in [0.05, 0.1) is 28.0 Å². The lowest BCUT2D eigenvalue weighted by atomic mass is 10.2. The van der Waals surface area contributed by atoms with Gasteiger partial charge in [-0.15, -0.1) is 0 Å². The van der Waals surface area contributed by atoms with E-state index in [0.717, 1.165) is 5.69 Å². The van der Waals surface area contributed by atoms with Crippen LogP contribution in [0.1, 0.15) is 18.4 Å². The maximum atomic E-state index is 13.0. The van der Waals surface area contributed by atoms with E-state index in [2.05, 4.69) is 20.0 Å². The van der Waals surface area contributed by atoms with Gasteiger partial charge in [-0.1, -0.05) is 23.2 Å². The standard InChI is InChI=1S/C23H23Cl2N7O2/c1-3-34-19-12-16(4-5-17(19)24)30-8-10-31(11-9-30)21(33)14-32-15(2)22(25)23(29-32)18-6-7-27-20(13-26)28-18/h4-7,12H,3,8-11,14H2,1-2H3. The molecule has 0 saturated carbocycles. The molecule has 1 amide bonds. The minimum Gasteiger partial charge on any atom is -0.492 e. The molecule has 0 aliphatic carbocycles. The molecule has 4 rings (SSSR count). The van der Waals surface area contributed by atoms with Gasteiger partial charge in [-0.05, 0) is 32.0 Å². The van der Waals surface area contributed by atoms with Crippen molar-refractivity contribution in [2.45, 2.75) is 20.4 Å². The maximum Gasteiger partial charge on any atom is 0.244 e. The summed E-state index contributed by atoms with van der Waals surface area (Å²) in [6.45, 7) is 6.89. The summed E-state index contributed by atoms with van der Waals surface area (Å²) in [4.78, 5) is 25.1. The number of rotatable bonds is 6. The van der Waals surface area contributed by atoms with Crippen molar-refractivity contribution in [1.29, 1.82) is 5.26 Å². The number of piperazine rings is 1. The van der Waals surface area contributed by atoms with Gasteiger partial charge >= 0.3 is 0 Å². The van der Waals surface area contributed by atoms with E-state index < -0.39 is 0 Å². The summed E-state index contributed by atoms with van der Waals surface area (Å²) >= 11 is 12.7. The Balaban J connectivity index is 1.42. The number of aromatic nitrogens is 4. The Morgan fingerprint density at radius 2 is 1.97 bits per heavy atom. The molecule has 1 saturated heterocycles. The zero-order valence-electron chi connectivity index (χ0n) is 18.8. The molecule has 9 nitrogen and oxygen atoms in total. The van der Waals surface area contributed by atoms with Gasteiger partial charge in [0.15, 0.2) is 0 Å². The second kappa shape index (κ2) is 10.3. The quantitative estimate of drug-likeness (QED) is 0.510. The Hall–Kier alpha value is -3.35. The van der Waals surface area contributed by atoms with Crippen LogP contribution in [-0.4, -0.2) is 63.3 Å². The third-order valence-corrected chi connectivity index (χ3v) is 6.39. The molecule has 2 aromatic heterocycles. The summed E-state index contributed by atoms with van der Waals surface area (Å²) in [7, 11) is 0. The lowest BCUT2D eigenvalue weighted by Crippen LogP contribution is -2.49. The first kappa shape index (κ1) is 23.8. The highest BCUT2D eigenvalue weighted by Gasteiger charge is 2.24. The largest absolute Gasteiger partial charge is 0.492 e. The fourth-order valence-corrected chi connectivity index (χ4v) is 4.19. The van der Waals surface area contributed by atoms with Crippen molar-refractivity contribution < 1.29 is 9.53 Å². The van der Waals surface area contributed by atoms with Crippen LogP contribution in [0.25, 0.3) is 11.4 Å². The van der Waals surface area contributed by atoms with Gasteiger partial charge < -0.3 is 14.5 Å². The van der Waals surface area contributed by atoms with Gasteiger partial charge in [-0.2, -0.15) is 10.4 Å². The predicted molar refractivity (Wildman–Crippen MR) is 129 cm³/mol. The van der Waals surface area contributed by atoms with Crippen molar-refractivity contribution in [3.05, 3.63) is 52.0 Å². The van der Waals surface area contributed by atoms with E-state index in [4.69, 9.17) is 33.2 Å². The van der Waals surface area contributed by atoms with Gasteiger partial charge in [0.2, 0.25) is 11.7 Å². The molecule has 0 unspecified atom stereocenters. The first-order chi connectivity index (χ1) is 16.4. The predicted octanol–water partition coefficient (Wildman–Crippen LogP) is 3.57. The van der Waals surface area contributed by atoms with Gasteiger partial charge in [0.1, 0.15) is 24.1 Å². The molecule has 0 N–H and O–H groups in total. The number of nitriles is 1. The summed E-state index contributed by atoms with van der Waals surface area (Å²) in [5.74, 6) is 0.649. The zero-order chi connectivity index (χ0) is 24.2. The highest BCUT2D eigenvalue weighted by atomic mass is 35.5. The highest BCUT2D eigenvalue weighted by molar-refractivity contribution is 6.33. The fraction of sp³-hybridized carbons (Fsp3) is 0.348. The molecular formula is C23H23Cl2N7O2. The number of halogens is 2. The summed E-state index contributed by atoms with van der Waals surface area (Å²) in [6.07, 6.45) is 1.48. The number of carbonyl (C=O) groups is 1. The molecule has 3 aromatic rings. The number of hydrogen-bond donors (Lipinski definition) is 0. The molecule has 0 atom stereocenters. The molecule has 0 radical (unpaired) electrons. The maximum absolute atomic E-state index is 13.0. The van der Waals surface area contributed by atoms with Crippen molar-refractivity contribution in [3.8, 4) is 23.2 Å². The zero-order valence-corrected chi connectivity index (χ0v) is 20.3. The molecule has 1 aromatic carbocycles. The van der Waals surface area contributed by atoms with E-state index in [-0.39, 0.29) is 18.3 Å². The normalized spacial score (nSPS) is 13.6. The van der Waals surface area contributed by atoms with Crippen molar-refractivity contribution in [2.24, 2.45) is 0 Å². The lowest BCUT2D eigenvalue weighted by molar-refractivity contribution is -0.132. The number of anilines is 1. The van der Waals surface area contributed by atoms with Crippen LogP contribution in [0.2, 0.25) is 10.0 Å². The summed E-state index contributed by atoms with van der Waals surface area (Å²) in [6, 6.07) is 9.26. The number of nitrogens with zero attached hydrogens (tertiary/aromatic N) is 7. The van der Waals surface area contributed by atoms with Crippen LogP contribution in [0.4, 0.5) is 5.69 Å². The number of hydrogen-bond acceptors (Lipinski definition) is 7.